The van der Waals surface area contributed by atoms with Crippen molar-refractivity contribution in [2.45, 2.75) is 19.8 Å². The molecule has 0 aliphatic heterocycles. The summed E-state index contributed by atoms with van der Waals surface area (Å²) in [6.45, 7) is 2.48. The molecule has 0 fully saturated rings. The molecule has 124 valence electrons. The van der Waals surface area contributed by atoms with E-state index >= 15 is 0 Å². The molecule has 1 aliphatic rings. The fourth-order valence-corrected chi connectivity index (χ4v) is 2.94. The van der Waals surface area contributed by atoms with Crippen molar-refractivity contribution < 1.29 is 9.59 Å². The molecule has 24 heavy (non-hydrogen) atoms. The molecule has 0 saturated heterocycles. The minimum atomic E-state index is -0.166. The average molecular weight is 344 g/mol. The van der Waals surface area contributed by atoms with Gasteiger partial charge in [0.15, 0.2) is 0 Å². The first kappa shape index (κ1) is 16.5. The summed E-state index contributed by atoms with van der Waals surface area (Å²) >= 11 is 6.05. The molecule has 0 bridgehead atoms. The number of hydrogen-bond donors (Lipinski definition) is 1. The maximum Gasteiger partial charge on any atom is 0.270 e. The Balaban J connectivity index is 1.77. The molecule has 0 unspecified atom stereocenters. The zero-order valence-corrected chi connectivity index (χ0v) is 14.1. The number of imidazole rings is 1. The molecule has 1 aliphatic carbocycles. The van der Waals surface area contributed by atoms with Gasteiger partial charge < -0.3 is 5.32 Å². The number of nitrogens with zero attached hydrogens (tertiary/aromatic N) is 2. The van der Waals surface area contributed by atoms with E-state index in [4.69, 9.17) is 11.6 Å². The molecule has 1 N–H and O–H groups in total. The fraction of sp³-hybridized carbons (Fsp3) is 0.278. The molecule has 0 spiro atoms. The second-order valence-corrected chi connectivity index (χ2v) is 6.16. The lowest BCUT2D eigenvalue weighted by Crippen LogP contribution is -2.30. The normalized spacial score (nSPS) is 16.9. The number of pyridine rings is 1. The van der Waals surface area contributed by atoms with Crippen LogP contribution in [0.1, 0.15) is 29.5 Å². The molecular weight excluding hydrogens is 326 g/mol. The van der Waals surface area contributed by atoms with Gasteiger partial charge in [-0.05, 0) is 30.9 Å². The molecule has 2 heterocycles. The van der Waals surface area contributed by atoms with Crippen LogP contribution in [0.3, 0.4) is 0 Å². The number of aromatic nitrogens is 2. The Bertz CT molecular complexity index is 851. The highest BCUT2D eigenvalue weighted by Gasteiger charge is 2.19. The van der Waals surface area contributed by atoms with Gasteiger partial charge in [0, 0.05) is 18.3 Å². The van der Waals surface area contributed by atoms with Crippen molar-refractivity contribution in [2.24, 2.45) is 5.92 Å². The van der Waals surface area contributed by atoms with Gasteiger partial charge in [-0.2, -0.15) is 0 Å². The van der Waals surface area contributed by atoms with Gasteiger partial charge in [0.05, 0.1) is 10.7 Å². The van der Waals surface area contributed by atoms with Gasteiger partial charge in [0.1, 0.15) is 17.6 Å². The van der Waals surface area contributed by atoms with E-state index in [2.05, 4.69) is 10.3 Å². The Kier molecular flexibility index (Phi) is 4.81. The average Bonchev–Trinajstić information content (AvgIpc) is 2.97. The van der Waals surface area contributed by atoms with Crippen LogP contribution in [0.4, 0.5) is 0 Å². The largest absolute Gasteiger partial charge is 0.350 e. The van der Waals surface area contributed by atoms with E-state index in [0.29, 0.717) is 34.9 Å². The number of carbonyl (C=O) groups is 2. The molecule has 2 aromatic heterocycles. The summed E-state index contributed by atoms with van der Waals surface area (Å²) in [5.74, 6) is 0.0191. The van der Waals surface area contributed by atoms with Gasteiger partial charge in [0.25, 0.3) is 5.91 Å². The van der Waals surface area contributed by atoms with E-state index in [1.165, 1.54) is 0 Å². The van der Waals surface area contributed by atoms with Gasteiger partial charge in [-0.15, -0.1) is 0 Å². The van der Waals surface area contributed by atoms with Crippen LogP contribution in [0.5, 0.6) is 0 Å². The Labute approximate surface area is 145 Å². The summed E-state index contributed by atoms with van der Waals surface area (Å²) in [7, 11) is 0. The quantitative estimate of drug-likeness (QED) is 0.849. The van der Waals surface area contributed by atoms with Crippen molar-refractivity contribution in [1.29, 1.82) is 0 Å². The second-order valence-electron chi connectivity index (χ2n) is 5.72. The maximum absolute atomic E-state index is 12.7. The lowest BCUT2D eigenvalue weighted by atomic mass is 9.97. The summed E-state index contributed by atoms with van der Waals surface area (Å²) in [4.78, 5) is 27.9. The smallest absolute Gasteiger partial charge is 0.270 e. The lowest BCUT2D eigenvalue weighted by molar-refractivity contribution is -0.104. The number of allylic oxidation sites excluding steroid dienone is 3. The number of aryl methyl sites for hydroxylation is 1. The Hall–Kier alpha value is -2.40. The topological polar surface area (TPSA) is 63.5 Å². The fourth-order valence-electron chi connectivity index (χ4n) is 2.78. The van der Waals surface area contributed by atoms with Crippen molar-refractivity contribution in [2.75, 3.05) is 6.54 Å². The van der Waals surface area contributed by atoms with E-state index in [1.54, 1.807) is 28.8 Å². The van der Waals surface area contributed by atoms with Crippen LogP contribution in [-0.4, -0.2) is 28.1 Å². The third-order valence-corrected chi connectivity index (χ3v) is 4.31. The number of nitrogens with one attached hydrogen (secondary N) is 1. The first-order valence-corrected chi connectivity index (χ1v) is 8.28. The zero-order valence-electron chi connectivity index (χ0n) is 13.3. The van der Waals surface area contributed by atoms with Gasteiger partial charge in [-0.25, -0.2) is 4.98 Å². The predicted molar refractivity (Wildman–Crippen MR) is 93.3 cm³/mol. The summed E-state index contributed by atoms with van der Waals surface area (Å²) in [6, 6.07) is 3.56. The second kappa shape index (κ2) is 7.01. The van der Waals surface area contributed by atoms with Crippen molar-refractivity contribution in [3.63, 3.8) is 0 Å². The minimum Gasteiger partial charge on any atom is -0.350 e. The molecule has 1 atom stereocenters. The highest BCUT2D eigenvalue weighted by atomic mass is 35.5. The number of amides is 1. The number of halogens is 1. The Morgan fingerprint density at radius 1 is 1.50 bits per heavy atom. The highest BCUT2D eigenvalue weighted by molar-refractivity contribution is 6.30. The van der Waals surface area contributed by atoms with E-state index in [1.807, 2.05) is 19.1 Å². The van der Waals surface area contributed by atoms with E-state index in [-0.39, 0.29) is 11.8 Å². The summed E-state index contributed by atoms with van der Waals surface area (Å²) < 4.78 is 1.73. The third kappa shape index (κ3) is 3.26. The number of rotatable bonds is 5. The number of carbonyl (C=O) groups excluding carboxylic acids is 2. The number of aldehydes is 1. The van der Waals surface area contributed by atoms with E-state index in [0.717, 1.165) is 18.4 Å². The summed E-state index contributed by atoms with van der Waals surface area (Å²) in [6.07, 6.45) is 9.57. The maximum atomic E-state index is 12.7. The molecular formula is C18H18ClN3O2. The van der Waals surface area contributed by atoms with Crippen molar-refractivity contribution in [3.8, 4) is 0 Å². The van der Waals surface area contributed by atoms with Crippen LogP contribution in [0.25, 0.3) is 5.65 Å². The van der Waals surface area contributed by atoms with Gasteiger partial charge >= 0.3 is 0 Å². The van der Waals surface area contributed by atoms with Crippen molar-refractivity contribution in [1.82, 2.24) is 14.7 Å². The van der Waals surface area contributed by atoms with Gasteiger partial charge in [-0.3, -0.25) is 14.0 Å². The standard InChI is InChI=1S/C18H18ClN3O2/c1-2-15-17(22-10-14(19)7-8-16(22)21-15)18(24)20-9-12-3-5-13(11-23)6-4-12/h3,5-8,10-12H,2,4,9H2,1H3,(H,20,24)/t12-/m1/s1. The Morgan fingerprint density at radius 3 is 3.00 bits per heavy atom. The van der Waals surface area contributed by atoms with Crippen LogP contribution < -0.4 is 5.32 Å². The van der Waals surface area contributed by atoms with Crippen LogP contribution in [0.15, 0.2) is 42.1 Å². The molecule has 0 radical (unpaired) electrons. The van der Waals surface area contributed by atoms with Crippen LogP contribution >= 0.6 is 11.6 Å². The van der Waals surface area contributed by atoms with Gasteiger partial charge in [-0.1, -0.05) is 36.8 Å². The number of hydrogen-bond acceptors (Lipinski definition) is 3. The molecule has 2 aromatic rings. The lowest BCUT2D eigenvalue weighted by Gasteiger charge is -2.15. The first-order valence-electron chi connectivity index (χ1n) is 7.90. The molecule has 0 saturated carbocycles. The zero-order chi connectivity index (χ0) is 17.1. The summed E-state index contributed by atoms with van der Waals surface area (Å²) in [5.41, 5.74) is 2.66. The van der Waals surface area contributed by atoms with E-state index in [9.17, 15) is 9.59 Å². The molecule has 3 rings (SSSR count). The first-order chi connectivity index (χ1) is 11.6. The Morgan fingerprint density at radius 2 is 2.33 bits per heavy atom. The van der Waals surface area contributed by atoms with Crippen LogP contribution in [-0.2, 0) is 11.2 Å². The molecule has 1 amide bonds. The van der Waals surface area contributed by atoms with Crippen molar-refractivity contribution >= 4 is 29.4 Å². The third-order valence-electron chi connectivity index (χ3n) is 4.08. The van der Waals surface area contributed by atoms with Crippen LogP contribution in [0.2, 0.25) is 5.02 Å². The monoisotopic (exact) mass is 343 g/mol. The van der Waals surface area contributed by atoms with Gasteiger partial charge in [0.2, 0.25) is 0 Å². The minimum absolute atomic E-state index is 0.166. The van der Waals surface area contributed by atoms with Crippen molar-refractivity contribution in [3.05, 3.63) is 58.5 Å². The molecule has 6 heteroatoms. The predicted octanol–water partition coefficient (Wildman–Crippen LogP) is 2.98. The van der Waals surface area contributed by atoms with E-state index < -0.39 is 0 Å². The molecule has 5 nitrogen and oxygen atoms in total. The van der Waals surface area contributed by atoms with Crippen LogP contribution in [0, 0.1) is 5.92 Å². The number of fused-ring (bicyclic) bond motifs is 1. The summed E-state index contributed by atoms with van der Waals surface area (Å²) in [5, 5.41) is 3.52. The molecule has 0 aromatic carbocycles. The SMILES string of the molecule is CCc1nc2ccc(Cl)cn2c1C(=O)NC[C@@H]1C=CC(C=O)=CC1. The highest BCUT2D eigenvalue weighted by Crippen LogP contribution is 2.18.